The van der Waals surface area contributed by atoms with Gasteiger partial charge in [-0.25, -0.2) is 9.59 Å². The van der Waals surface area contributed by atoms with E-state index >= 15 is 0 Å². The Bertz CT molecular complexity index is 493. The van der Waals surface area contributed by atoms with E-state index in [-0.39, 0.29) is 17.0 Å². The van der Waals surface area contributed by atoms with Crippen LogP contribution >= 0.6 is 11.8 Å². The number of phenolic OH excluding ortho intramolecular Hbond substituents is 1. The number of carboxylic acids is 1. The van der Waals surface area contributed by atoms with Crippen LogP contribution in [0.15, 0.2) is 18.2 Å². The van der Waals surface area contributed by atoms with E-state index in [9.17, 15) is 14.7 Å². The molecule has 0 saturated carbocycles. The second-order valence-corrected chi connectivity index (χ2v) is 5.53. The van der Waals surface area contributed by atoms with Gasteiger partial charge >= 0.3 is 12.0 Å². The summed E-state index contributed by atoms with van der Waals surface area (Å²) in [5.41, 5.74) is 0.132. The van der Waals surface area contributed by atoms with E-state index in [2.05, 4.69) is 17.6 Å². The second-order valence-electron chi connectivity index (χ2n) is 4.25. The molecule has 0 saturated heterocycles. The van der Waals surface area contributed by atoms with Gasteiger partial charge in [-0.1, -0.05) is 6.92 Å². The Balaban J connectivity index is 2.52. The molecule has 7 heteroatoms. The normalized spacial score (nSPS) is 11.7. The standard InChI is InChI=1S/C13H18N2O4S/c1-8(20-2)5-6-14-13(19)15-10-4-3-9(12(17)18)7-11(10)16/h3-4,7-8,16H,5-6H2,1-2H3,(H,17,18)(H2,14,15,19). The summed E-state index contributed by atoms with van der Waals surface area (Å²) in [5, 5.41) is 24.0. The smallest absolute Gasteiger partial charge is 0.335 e. The fourth-order valence-corrected chi connectivity index (χ4v) is 1.80. The molecule has 1 aromatic carbocycles. The van der Waals surface area contributed by atoms with E-state index in [1.165, 1.54) is 12.1 Å². The van der Waals surface area contributed by atoms with Crippen LogP contribution in [0.5, 0.6) is 5.75 Å². The molecule has 0 aromatic heterocycles. The number of benzene rings is 1. The van der Waals surface area contributed by atoms with Gasteiger partial charge in [0.05, 0.1) is 11.3 Å². The predicted octanol–water partition coefficient (Wildman–Crippen LogP) is 2.35. The average Bonchev–Trinajstić information content (AvgIpc) is 2.40. The molecule has 20 heavy (non-hydrogen) atoms. The lowest BCUT2D eigenvalue weighted by Crippen LogP contribution is -2.30. The minimum absolute atomic E-state index is 0.0396. The van der Waals surface area contributed by atoms with Crippen molar-refractivity contribution in [1.29, 1.82) is 0 Å². The molecule has 0 fully saturated rings. The monoisotopic (exact) mass is 298 g/mol. The van der Waals surface area contributed by atoms with Gasteiger partial charge in [0.15, 0.2) is 0 Å². The third-order valence-electron chi connectivity index (χ3n) is 2.73. The lowest BCUT2D eigenvalue weighted by atomic mass is 10.2. The number of carbonyl (C=O) groups excluding carboxylic acids is 1. The van der Waals surface area contributed by atoms with E-state index in [1.54, 1.807) is 11.8 Å². The molecule has 0 bridgehead atoms. The van der Waals surface area contributed by atoms with Crippen molar-refractivity contribution in [3.8, 4) is 5.75 Å². The molecule has 1 rings (SSSR count). The van der Waals surface area contributed by atoms with Crippen molar-refractivity contribution < 1.29 is 19.8 Å². The van der Waals surface area contributed by atoms with E-state index in [4.69, 9.17) is 5.11 Å². The Morgan fingerprint density at radius 3 is 2.65 bits per heavy atom. The van der Waals surface area contributed by atoms with Crippen LogP contribution < -0.4 is 10.6 Å². The molecule has 0 spiro atoms. The third-order valence-corrected chi connectivity index (χ3v) is 3.77. The molecule has 110 valence electrons. The highest BCUT2D eigenvalue weighted by Crippen LogP contribution is 2.24. The summed E-state index contributed by atoms with van der Waals surface area (Å²) in [7, 11) is 0. The first-order valence-electron chi connectivity index (χ1n) is 6.08. The lowest BCUT2D eigenvalue weighted by Gasteiger charge is -2.11. The van der Waals surface area contributed by atoms with Gasteiger partial charge in [0, 0.05) is 11.8 Å². The molecule has 1 aromatic rings. The zero-order valence-corrected chi connectivity index (χ0v) is 12.2. The quantitative estimate of drug-likeness (QED) is 0.604. The Hall–Kier alpha value is -1.89. The van der Waals surface area contributed by atoms with Crippen LogP contribution in [0, 0.1) is 0 Å². The Kier molecular flexibility index (Phi) is 6.17. The maximum atomic E-state index is 11.6. The SMILES string of the molecule is CSC(C)CCNC(=O)Nc1ccc(C(=O)O)cc1O. The van der Waals surface area contributed by atoms with Crippen LogP contribution in [0.25, 0.3) is 0 Å². The van der Waals surface area contributed by atoms with Crippen molar-refractivity contribution in [2.45, 2.75) is 18.6 Å². The van der Waals surface area contributed by atoms with Crippen molar-refractivity contribution >= 4 is 29.4 Å². The summed E-state index contributed by atoms with van der Waals surface area (Å²) in [4.78, 5) is 22.3. The minimum atomic E-state index is -1.14. The Morgan fingerprint density at radius 1 is 1.40 bits per heavy atom. The minimum Gasteiger partial charge on any atom is -0.506 e. The van der Waals surface area contributed by atoms with Crippen molar-refractivity contribution in [2.24, 2.45) is 0 Å². The number of urea groups is 1. The number of thioether (sulfide) groups is 1. The third kappa shape index (κ3) is 5.00. The van der Waals surface area contributed by atoms with Crippen molar-refractivity contribution in [3.05, 3.63) is 23.8 Å². The largest absolute Gasteiger partial charge is 0.506 e. The van der Waals surface area contributed by atoms with Gasteiger partial charge < -0.3 is 20.8 Å². The van der Waals surface area contributed by atoms with Crippen LogP contribution in [-0.2, 0) is 0 Å². The van der Waals surface area contributed by atoms with E-state index in [0.717, 1.165) is 12.5 Å². The number of nitrogens with one attached hydrogen (secondary N) is 2. The van der Waals surface area contributed by atoms with Gasteiger partial charge in [-0.3, -0.25) is 0 Å². The Morgan fingerprint density at radius 2 is 2.10 bits per heavy atom. The average molecular weight is 298 g/mol. The van der Waals surface area contributed by atoms with Gasteiger partial charge in [-0.05, 0) is 30.9 Å². The predicted molar refractivity (Wildman–Crippen MR) is 79.7 cm³/mol. The van der Waals surface area contributed by atoms with Crippen LogP contribution in [0.2, 0.25) is 0 Å². The molecule has 1 atom stereocenters. The van der Waals surface area contributed by atoms with Gasteiger partial charge in [0.2, 0.25) is 0 Å². The topological polar surface area (TPSA) is 98.7 Å². The second kappa shape index (κ2) is 7.64. The molecule has 0 aliphatic heterocycles. The molecule has 2 amide bonds. The molecular weight excluding hydrogens is 280 g/mol. The number of hydrogen-bond acceptors (Lipinski definition) is 4. The number of anilines is 1. The Labute approximate surface area is 121 Å². The maximum Gasteiger partial charge on any atom is 0.335 e. The summed E-state index contributed by atoms with van der Waals surface area (Å²) in [5.74, 6) is -1.42. The fraction of sp³-hybridized carbons (Fsp3) is 0.385. The van der Waals surface area contributed by atoms with Crippen molar-refractivity contribution in [3.63, 3.8) is 0 Å². The molecule has 0 radical (unpaired) electrons. The number of rotatable bonds is 6. The van der Waals surface area contributed by atoms with Crippen LogP contribution in [0.1, 0.15) is 23.7 Å². The molecule has 0 heterocycles. The lowest BCUT2D eigenvalue weighted by molar-refractivity contribution is 0.0696. The number of carboxylic acid groups (broad SMARTS) is 1. The summed E-state index contributed by atoms with van der Waals surface area (Å²) in [6.45, 7) is 2.60. The van der Waals surface area contributed by atoms with Crippen molar-refractivity contribution in [2.75, 3.05) is 18.1 Å². The highest BCUT2D eigenvalue weighted by molar-refractivity contribution is 7.99. The summed E-state index contributed by atoms with van der Waals surface area (Å²) >= 11 is 1.72. The maximum absolute atomic E-state index is 11.6. The molecule has 0 aliphatic carbocycles. The van der Waals surface area contributed by atoms with Crippen LogP contribution in [0.3, 0.4) is 0 Å². The number of carbonyl (C=O) groups is 2. The van der Waals surface area contributed by atoms with Crippen LogP contribution in [0.4, 0.5) is 10.5 Å². The van der Waals surface area contributed by atoms with E-state index in [0.29, 0.717) is 11.8 Å². The zero-order valence-electron chi connectivity index (χ0n) is 11.3. The van der Waals surface area contributed by atoms with E-state index < -0.39 is 12.0 Å². The van der Waals surface area contributed by atoms with Gasteiger partial charge in [0.25, 0.3) is 0 Å². The first-order valence-corrected chi connectivity index (χ1v) is 7.36. The number of amides is 2. The summed E-state index contributed by atoms with van der Waals surface area (Å²) in [6, 6.07) is 3.32. The van der Waals surface area contributed by atoms with Crippen LogP contribution in [-0.4, -0.2) is 40.3 Å². The number of aromatic carboxylic acids is 1. The first kappa shape index (κ1) is 16.2. The number of phenols is 1. The molecular formula is C13H18N2O4S. The zero-order chi connectivity index (χ0) is 15.1. The van der Waals surface area contributed by atoms with Gasteiger partial charge in [-0.2, -0.15) is 11.8 Å². The highest BCUT2D eigenvalue weighted by Gasteiger charge is 2.10. The van der Waals surface area contributed by atoms with Crippen molar-refractivity contribution in [1.82, 2.24) is 5.32 Å². The fourth-order valence-electron chi connectivity index (χ4n) is 1.44. The molecule has 6 nitrogen and oxygen atoms in total. The summed E-state index contributed by atoms with van der Waals surface area (Å²) < 4.78 is 0. The number of aromatic hydroxyl groups is 1. The first-order chi connectivity index (χ1) is 9.43. The molecule has 4 N–H and O–H groups in total. The van der Waals surface area contributed by atoms with Gasteiger partial charge in [0.1, 0.15) is 5.75 Å². The number of hydrogen-bond donors (Lipinski definition) is 4. The molecule has 0 aliphatic rings. The summed E-state index contributed by atoms with van der Waals surface area (Å²) in [6.07, 6.45) is 2.85. The highest BCUT2D eigenvalue weighted by atomic mass is 32.2. The van der Waals surface area contributed by atoms with E-state index in [1.807, 2.05) is 6.26 Å². The van der Waals surface area contributed by atoms with Gasteiger partial charge in [-0.15, -0.1) is 0 Å². The molecule has 1 unspecified atom stereocenters.